The van der Waals surface area contributed by atoms with Gasteiger partial charge in [-0.3, -0.25) is 14.5 Å². The van der Waals surface area contributed by atoms with Crippen molar-refractivity contribution >= 4 is 55.8 Å². The van der Waals surface area contributed by atoms with Gasteiger partial charge in [-0.25, -0.2) is 9.78 Å². The van der Waals surface area contributed by atoms with Crippen LogP contribution in [0.5, 0.6) is 5.75 Å². The van der Waals surface area contributed by atoms with E-state index in [0.717, 1.165) is 15.8 Å². The quantitative estimate of drug-likeness (QED) is 0.216. The van der Waals surface area contributed by atoms with E-state index in [1.807, 2.05) is 0 Å². The third-order valence-corrected chi connectivity index (χ3v) is 6.94. The number of hydrogen-bond donors (Lipinski definition) is 1. The summed E-state index contributed by atoms with van der Waals surface area (Å²) in [4.78, 5) is 44.4. The van der Waals surface area contributed by atoms with E-state index >= 15 is 0 Å². The maximum absolute atomic E-state index is 13.2. The van der Waals surface area contributed by atoms with Crippen LogP contribution in [0.4, 0.5) is 5.13 Å². The van der Waals surface area contributed by atoms with Crippen molar-refractivity contribution in [2.75, 3.05) is 19.1 Å². The molecule has 0 aliphatic carbocycles. The number of amides is 1. The highest BCUT2D eigenvalue weighted by molar-refractivity contribution is 9.10. The summed E-state index contributed by atoms with van der Waals surface area (Å²) in [7, 11) is 2.74. The van der Waals surface area contributed by atoms with Crippen molar-refractivity contribution in [2.24, 2.45) is 0 Å². The first-order chi connectivity index (χ1) is 16.3. The van der Waals surface area contributed by atoms with Gasteiger partial charge in [-0.05, 0) is 36.8 Å². The largest absolute Gasteiger partial charge is 0.507 e. The van der Waals surface area contributed by atoms with Gasteiger partial charge in [0, 0.05) is 10.0 Å². The molecule has 0 bridgehead atoms. The van der Waals surface area contributed by atoms with Gasteiger partial charge in [0.1, 0.15) is 16.4 Å². The number of aryl methyl sites for hydroxylation is 1. The summed E-state index contributed by atoms with van der Waals surface area (Å²) >= 11 is 4.37. The van der Waals surface area contributed by atoms with Crippen molar-refractivity contribution in [1.29, 1.82) is 0 Å². The van der Waals surface area contributed by atoms with Gasteiger partial charge in [0.15, 0.2) is 5.13 Å². The van der Waals surface area contributed by atoms with Crippen LogP contribution in [-0.2, 0) is 14.3 Å². The number of ketones is 1. The molecule has 0 radical (unpaired) electrons. The molecule has 2 heterocycles. The Bertz CT molecular complexity index is 1350. The fourth-order valence-corrected chi connectivity index (χ4v) is 5.14. The molecule has 3 aromatic rings. The Morgan fingerprint density at radius 2 is 1.88 bits per heavy atom. The van der Waals surface area contributed by atoms with Gasteiger partial charge in [-0.2, -0.15) is 0 Å². The Hall–Kier alpha value is -3.50. The molecule has 1 fully saturated rings. The molecule has 0 unspecified atom stereocenters. The van der Waals surface area contributed by atoms with Crippen LogP contribution < -0.4 is 9.64 Å². The van der Waals surface area contributed by atoms with Crippen LogP contribution in [0.15, 0.2) is 58.6 Å². The zero-order chi connectivity index (χ0) is 24.6. The third kappa shape index (κ3) is 4.10. The predicted octanol–water partition coefficient (Wildman–Crippen LogP) is 4.64. The van der Waals surface area contributed by atoms with E-state index in [1.54, 1.807) is 55.5 Å². The summed E-state index contributed by atoms with van der Waals surface area (Å²) in [6.07, 6.45) is 0. The maximum Gasteiger partial charge on any atom is 0.350 e. The summed E-state index contributed by atoms with van der Waals surface area (Å²) in [5.41, 5.74) is 1.17. The smallest absolute Gasteiger partial charge is 0.350 e. The van der Waals surface area contributed by atoms with Crippen molar-refractivity contribution in [3.63, 3.8) is 0 Å². The number of carbonyl (C=O) groups is 3. The van der Waals surface area contributed by atoms with Gasteiger partial charge in [0.05, 0.1) is 31.5 Å². The lowest BCUT2D eigenvalue weighted by molar-refractivity contribution is -0.132. The Labute approximate surface area is 207 Å². The number of methoxy groups -OCH3 is 2. The number of carbonyl (C=O) groups excluding carboxylic acids is 3. The minimum atomic E-state index is -0.972. The number of halogens is 1. The summed E-state index contributed by atoms with van der Waals surface area (Å²) in [6.45, 7) is 1.62. The van der Waals surface area contributed by atoms with Crippen LogP contribution >= 0.6 is 27.3 Å². The monoisotopic (exact) mass is 542 g/mol. The molecule has 1 saturated heterocycles. The first kappa shape index (κ1) is 23.7. The number of aliphatic hydroxyl groups is 1. The standard InChI is InChI=1S/C24H19BrN2O6S/c1-12-21(23(31)33-3)34-24(26-12)27-18(13-6-4-8-15(25)10-13)17(20(29)22(27)30)19(28)14-7-5-9-16(11-14)32-2/h4-11,18,28H,1-3H3/b19-17+/t18-/m0/s1. The van der Waals surface area contributed by atoms with E-state index in [2.05, 4.69) is 20.9 Å². The zero-order valence-electron chi connectivity index (χ0n) is 18.4. The van der Waals surface area contributed by atoms with Crippen LogP contribution in [0.25, 0.3) is 5.76 Å². The van der Waals surface area contributed by atoms with Crippen LogP contribution in [0.3, 0.4) is 0 Å². The number of anilines is 1. The van der Waals surface area contributed by atoms with Gasteiger partial charge < -0.3 is 14.6 Å². The molecule has 8 nitrogen and oxygen atoms in total. The zero-order valence-corrected chi connectivity index (χ0v) is 20.8. The number of thiazole rings is 1. The molecule has 0 saturated carbocycles. The number of rotatable bonds is 5. The van der Waals surface area contributed by atoms with Gasteiger partial charge in [-0.15, -0.1) is 0 Å². The summed E-state index contributed by atoms with van der Waals surface area (Å²) in [5, 5.41) is 11.3. The Morgan fingerprint density at radius 3 is 2.56 bits per heavy atom. The van der Waals surface area contributed by atoms with E-state index < -0.39 is 23.7 Å². The number of aromatic nitrogens is 1. The van der Waals surface area contributed by atoms with E-state index in [0.29, 0.717) is 22.6 Å². The van der Waals surface area contributed by atoms with Gasteiger partial charge >= 0.3 is 11.9 Å². The lowest BCUT2D eigenvalue weighted by atomic mass is 9.95. The Morgan fingerprint density at radius 1 is 1.15 bits per heavy atom. The first-order valence-corrected chi connectivity index (χ1v) is 11.6. The molecule has 174 valence electrons. The molecule has 1 atom stereocenters. The molecule has 2 aromatic carbocycles. The second kappa shape index (κ2) is 9.40. The van der Waals surface area contributed by atoms with Crippen molar-refractivity contribution in [3.8, 4) is 5.75 Å². The fourth-order valence-electron chi connectivity index (χ4n) is 3.72. The highest BCUT2D eigenvalue weighted by Gasteiger charge is 2.48. The molecule has 0 spiro atoms. The topological polar surface area (TPSA) is 106 Å². The van der Waals surface area contributed by atoms with E-state index in [4.69, 9.17) is 9.47 Å². The van der Waals surface area contributed by atoms with Crippen LogP contribution in [-0.4, -0.2) is 42.0 Å². The SMILES string of the molecule is COC(=O)c1sc(N2C(=O)C(=O)/C(=C(/O)c3cccc(OC)c3)[C@@H]2c2cccc(Br)c2)nc1C. The average molecular weight is 543 g/mol. The highest BCUT2D eigenvalue weighted by atomic mass is 79.9. The molecule has 1 aromatic heterocycles. The molecular formula is C24H19BrN2O6S. The number of hydrogen-bond acceptors (Lipinski definition) is 8. The molecule has 10 heteroatoms. The summed E-state index contributed by atoms with van der Waals surface area (Å²) < 4.78 is 10.8. The van der Waals surface area contributed by atoms with Gasteiger partial charge in [0.25, 0.3) is 5.78 Å². The van der Waals surface area contributed by atoms with E-state index in [-0.39, 0.29) is 21.3 Å². The van der Waals surface area contributed by atoms with Crippen LogP contribution in [0, 0.1) is 6.92 Å². The van der Waals surface area contributed by atoms with Crippen LogP contribution in [0.2, 0.25) is 0 Å². The van der Waals surface area contributed by atoms with Gasteiger partial charge in [-0.1, -0.05) is 51.5 Å². The lowest BCUT2D eigenvalue weighted by Crippen LogP contribution is -2.29. The maximum atomic E-state index is 13.2. The third-order valence-electron chi connectivity index (χ3n) is 5.31. The lowest BCUT2D eigenvalue weighted by Gasteiger charge is -2.23. The van der Waals surface area contributed by atoms with E-state index in [1.165, 1.54) is 19.1 Å². The minimum absolute atomic E-state index is 0.0937. The van der Waals surface area contributed by atoms with E-state index in [9.17, 15) is 19.5 Å². The minimum Gasteiger partial charge on any atom is -0.507 e. The summed E-state index contributed by atoms with van der Waals surface area (Å²) in [5.74, 6) is -2.17. The number of aliphatic hydroxyl groups excluding tert-OH is 1. The highest BCUT2D eigenvalue weighted by Crippen LogP contribution is 2.44. The molecule has 34 heavy (non-hydrogen) atoms. The molecule has 1 N–H and O–H groups in total. The second-order valence-electron chi connectivity index (χ2n) is 7.36. The normalized spacial score (nSPS) is 17.2. The molecule has 4 rings (SSSR count). The summed E-state index contributed by atoms with van der Waals surface area (Å²) in [6, 6.07) is 12.7. The molecular weight excluding hydrogens is 524 g/mol. The number of nitrogens with zero attached hydrogens (tertiary/aromatic N) is 2. The first-order valence-electron chi connectivity index (χ1n) is 10.0. The molecule has 1 aliphatic heterocycles. The number of benzene rings is 2. The fraction of sp³-hybridized carbons (Fsp3) is 0.167. The van der Waals surface area contributed by atoms with Crippen molar-refractivity contribution < 1.29 is 29.0 Å². The predicted molar refractivity (Wildman–Crippen MR) is 130 cm³/mol. The van der Waals surface area contributed by atoms with Crippen LogP contribution in [0.1, 0.15) is 32.5 Å². The average Bonchev–Trinajstić information content (AvgIpc) is 3.35. The van der Waals surface area contributed by atoms with Crippen molar-refractivity contribution in [3.05, 3.63) is 80.3 Å². The Kier molecular flexibility index (Phi) is 6.54. The van der Waals surface area contributed by atoms with Gasteiger partial charge in [0.2, 0.25) is 0 Å². The second-order valence-corrected chi connectivity index (χ2v) is 9.25. The Balaban J connectivity index is 1.95. The van der Waals surface area contributed by atoms with Crippen molar-refractivity contribution in [2.45, 2.75) is 13.0 Å². The molecule has 1 amide bonds. The molecule has 1 aliphatic rings. The number of Topliss-reactive ketones (excluding diaryl/α,β-unsaturated/α-hetero) is 1. The number of esters is 1. The number of ether oxygens (including phenoxy) is 2. The van der Waals surface area contributed by atoms with Crippen molar-refractivity contribution in [1.82, 2.24) is 4.98 Å².